The summed E-state index contributed by atoms with van der Waals surface area (Å²) in [5.41, 5.74) is 6.06. The first-order chi connectivity index (χ1) is 8.91. The van der Waals surface area contributed by atoms with Crippen molar-refractivity contribution < 1.29 is 13.5 Å². The van der Waals surface area contributed by atoms with Crippen molar-refractivity contribution in [3.8, 4) is 0 Å². The Balaban J connectivity index is 2.36. The fourth-order valence-electron chi connectivity index (χ4n) is 2.05. The average Bonchev–Trinajstić information content (AvgIpc) is 2.50. The summed E-state index contributed by atoms with van der Waals surface area (Å²) < 4.78 is 26.1. The number of hydrogen-bond donors (Lipinski definition) is 2. The van der Waals surface area contributed by atoms with Crippen molar-refractivity contribution in [1.29, 1.82) is 0 Å². The van der Waals surface area contributed by atoms with Crippen LogP contribution in [0.5, 0.6) is 0 Å². The smallest absolute Gasteiger partial charge is 0.260 e. The van der Waals surface area contributed by atoms with Gasteiger partial charge in [-0.3, -0.25) is 0 Å². The minimum atomic E-state index is -3.70. The minimum Gasteiger partial charge on any atom is -0.509 e. The molecular formula is C12H17N3O3S. The highest BCUT2D eigenvalue weighted by Crippen LogP contribution is 2.22. The molecule has 0 unspecified atom stereocenters. The van der Waals surface area contributed by atoms with E-state index in [-0.39, 0.29) is 23.2 Å². The first-order valence-electron chi connectivity index (χ1n) is 5.99. The van der Waals surface area contributed by atoms with Crippen molar-refractivity contribution in [3.05, 3.63) is 35.9 Å². The van der Waals surface area contributed by atoms with Crippen LogP contribution in [0.2, 0.25) is 0 Å². The van der Waals surface area contributed by atoms with Gasteiger partial charge in [0.15, 0.2) is 5.03 Å². The molecule has 2 heterocycles. The molecule has 0 bridgehead atoms. The molecule has 3 N–H and O–H groups in total. The van der Waals surface area contributed by atoms with Gasteiger partial charge < -0.3 is 10.8 Å². The second-order valence-electron chi connectivity index (χ2n) is 4.75. The van der Waals surface area contributed by atoms with E-state index in [0.717, 1.165) is 0 Å². The monoisotopic (exact) mass is 283 g/mol. The van der Waals surface area contributed by atoms with Crippen LogP contribution in [-0.2, 0) is 10.0 Å². The number of aromatic nitrogens is 1. The highest BCUT2D eigenvalue weighted by atomic mass is 32.2. The minimum absolute atomic E-state index is 0.0181. The molecule has 1 aliphatic rings. The number of allylic oxidation sites excluding steroid dienone is 1. The standard InChI is InChI=1S/C12H17N3O3S/c1-9-6-10(13)11(16)8-15(7-9)19(17,18)12-4-2-3-5-14-12/h2-5,9,16H,6-8,13H2,1H3/t9-/m0/s1. The molecule has 7 heteroatoms. The molecule has 0 aliphatic carbocycles. The summed E-state index contributed by atoms with van der Waals surface area (Å²) in [6.07, 6.45) is 1.91. The van der Waals surface area contributed by atoms with Gasteiger partial charge in [-0.2, -0.15) is 4.31 Å². The Kier molecular flexibility index (Phi) is 3.77. The van der Waals surface area contributed by atoms with Crippen LogP contribution in [0.4, 0.5) is 0 Å². The van der Waals surface area contributed by atoms with E-state index in [0.29, 0.717) is 18.7 Å². The van der Waals surface area contributed by atoms with Crippen molar-refractivity contribution >= 4 is 10.0 Å². The zero-order valence-corrected chi connectivity index (χ0v) is 11.5. The number of aliphatic hydroxyl groups is 1. The molecule has 19 heavy (non-hydrogen) atoms. The molecular weight excluding hydrogens is 266 g/mol. The Morgan fingerprint density at radius 2 is 2.21 bits per heavy atom. The summed E-state index contributed by atoms with van der Waals surface area (Å²) >= 11 is 0. The number of pyridine rings is 1. The van der Waals surface area contributed by atoms with Crippen LogP contribution in [0.25, 0.3) is 0 Å². The fraction of sp³-hybridized carbons (Fsp3) is 0.417. The van der Waals surface area contributed by atoms with Crippen LogP contribution in [0.1, 0.15) is 13.3 Å². The lowest BCUT2D eigenvalue weighted by atomic mass is 10.1. The third kappa shape index (κ3) is 2.87. The molecule has 1 aromatic heterocycles. The fourth-order valence-corrected chi connectivity index (χ4v) is 3.51. The van der Waals surface area contributed by atoms with Crippen LogP contribution in [0, 0.1) is 5.92 Å². The van der Waals surface area contributed by atoms with Gasteiger partial charge in [0.05, 0.1) is 6.54 Å². The molecule has 0 fully saturated rings. The van der Waals surface area contributed by atoms with E-state index in [1.807, 2.05) is 6.92 Å². The average molecular weight is 283 g/mol. The van der Waals surface area contributed by atoms with E-state index in [9.17, 15) is 13.5 Å². The van der Waals surface area contributed by atoms with Gasteiger partial charge in [-0.15, -0.1) is 0 Å². The molecule has 1 aromatic rings. The van der Waals surface area contributed by atoms with E-state index in [2.05, 4.69) is 4.98 Å². The maximum absolute atomic E-state index is 12.4. The van der Waals surface area contributed by atoms with Crippen molar-refractivity contribution in [2.45, 2.75) is 18.4 Å². The number of aliphatic hydroxyl groups excluding tert-OH is 1. The van der Waals surface area contributed by atoms with Gasteiger partial charge in [0, 0.05) is 18.4 Å². The lowest BCUT2D eigenvalue weighted by Crippen LogP contribution is -2.35. The maximum Gasteiger partial charge on any atom is 0.260 e. The first kappa shape index (κ1) is 13.8. The van der Waals surface area contributed by atoms with E-state index < -0.39 is 10.0 Å². The highest BCUT2D eigenvalue weighted by molar-refractivity contribution is 7.89. The molecule has 0 spiro atoms. The largest absolute Gasteiger partial charge is 0.509 e. The van der Waals surface area contributed by atoms with E-state index in [4.69, 9.17) is 5.73 Å². The summed E-state index contributed by atoms with van der Waals surface area (Å²) in [6.45, 7) is 2.10. The van der Waals surface area contributed by atoms with Gasteiger partial charge in [0.2, 0.25) is 0 Å². The number of nitrogens with two attached hydrogens (primary N) is 1. The Morgan fingerprint density at radius 3 is 2.84 bits per heavy atom. The number of nitrogens with zero attached hydrogens (tertiary/aromatic N) is 2. The normalized spacial score (nSPS) is 22.3. The van der Waals surface area contributed by atoms with E-state index in [1.165, 1.54) is 16.6 Å². The zero-order chi connectivity index (χ0) is 14.0. The zero-order valence-electron chi connectivity index (χ0n) is 10.7. The van der Waals surface area contributed by atoms with E-state index >= 15 is 0 Å². The summed E-state index contributed by atoms with van der Waals surface area (Å²) in [4.78, 5) is 3.87. The molecule has 0 amide bonds. The molecule has 0 saturated heterocycles. The topological polar surface area (TPSA) is 96.5 Å². The first-order valence-corrected chi connectivity index (χ1v) is 7.43. The second kappa shape index (κ2) is 5.18. The second-order valence-corrected chi connectivity index (χ2v) is 6.63. The van der Waals surface area contributed by atoms with Crippen molar-refractivity contribution in [3.63, 3.8) is 0 Å². The molecule has 6 nitrogen and oxygen atoms in total. The maximum atomic E-state index is 12.4. The van der Waals surface area contributed by atoms with Gasteiger partial charge in [0.25, 0.3) is 10.0 Å². The van der Waals surface area contributed by atoms with Crippen LogP contribution in [0.3, 0.4) is 0 Å². The molecule has 104 valence electrons. The molecule has 0 saturated carbocycles. The Bertz CT molecular complexity index is 583. The van der Waals surface area contributed by atoms with Crippen molar-refractivity contribution in [1.82, 2.24) is 9.29 Å². The van der Waals surface area contributed by atoms with Crippen molar-refractivity contribution in [2.24, 2.45) is 11.7 Å². The van der Waals surface area contributed by atoms with Crippen LogP contribution in [-0.4, -0.2) is 35.9 Å². The van der Waals surface area contributed by atoms with Crippen molar-refractivity contribution in [2.75, 3.05) is 13.1 Å². The predicted octanol–water partition coefficient (Wildman–Crippen LogP) is 0.840. The quantitative estimate of drug-likeness (QED) is 0.838. The Hall–Kier alpha value is -1.60. The van der Waals surface area contributed by atoms with E-state index in [1.54, 1.807) is 12.1 Å². The third-order valence-corrected chi connectivity index (χ3v) is 4.75. The van der Waals surface area contributed by atoms with Gasteiger partial charge >= 0.3 is 0 Å². The van der Waals surface area contributed by atoms with Crippen LogP contribution >= 0.6 is 0 Å². The highest BCUT2D eigenvalue weighted by Gasteiger charge is 2.30. The summed E-state index contributed by atoms with van der Waals surface area (Å²) in [6, 6.07) is 4.71. The number of hydrogen-bond acceptors (Lipinski definition) is 5. The molecule has 1 aliphatic heterocycles. The predicted molar refractivity (Wildman–Crippen MR) is 70.6 cm³/mol. The van der Waals surface area contributed by atoms with Gasteiger partial charge in [-0.05, 0) is 24.5 Å². The molecule has 2 rings (SSSR count). The lowest BCUT2D eigenvalue weighted by Gasteiger charge is -2.21. The summed E-state index contributed by atoms with van der Waals surface area (Å²) in [5.74, 6) is -0.0352. The Morgan fingerprint density at radius 1 is 1.47 bits per heavy atom. The molecule has 0 aromatic carbocycles. The number of sulfonamides is 1. The van der Waals surface area contributed by atoms with Gasteiger partial charge in [-0.1, -0.05) is 13.0 Å². The summed E-state index contributed by atoms with van der Waals surface area (Å²) in [5, 5.41) is 9.77. The summed E-state index contributed by atoms with van der Waals surface area (Å²) in [7, 11) is -3.70. The van der Waals surface area contributed by atoms with Crippen LogP contribution in [0.15, 0.2) is 40.9 Å². The number of rotatable bonds is 2. The molecule has 1 atom stereocenters. The van der Waals surface area contributed by atoms with Gasteiger partial charge in [0.1, 0.15) is 5.76 Å². The third-order valence-electron chi connectivity index (χ3n) is 3.02. The SMILES string of the molecule is C[C@H]1CC(N)=C(O)CN(S(=O)(=O)c2ccccn2)C1. The Labute approximate surface area is 112 Å². The van der Waals surface area contributed by atoms with Crippen LogP contribution < -0.4 is 5.73 Å². The van der Waals surface area contributed by atoms with Gasteiger partial charge in [-0.25, -0.2) is 13.4 Å². The molecule has 0 radical (unpaired) electrons. The lowest BCUT2D eigenvalue weighted by molar-refractivity contribution is 0.326.